The van der Waals surface area contributed by atoms with Crippen molar-refractivity contribution in [2.24, 2.45) is 0 Å². The summed E-state index contributed by atoms with van der Waals surface area (Å²) < 4.78 is 45.7. The van der Waals surface area contributed by atoms with E-state index in [-0.39, 0.29) is 23.8 Å². The highest BCUT2D eigenvalue weighted by molar-refractivity contribution is 7.77. The van der Waals surface area contributed by atoms with Crippen LogP contribution in [0, 0.1) is 0 Å². The monoisotopic (exact) mass is 744 g/mol. The summed E-state index contributed by atoms with van der Waals surface area (Å²) in [5.74, 6) is 2.53. The van der Waals surface area contributed by atoms with Crippen LogP contribution < -0.4 is 9.64 Å². The maximum atomic E-state index is 13.4. The predicted octanol–water partition coefficient (Wildman–Crippen LogP) is 11.1. The number of benzene rings is 2. The molecule has 6 nitrogen and oxygen atoms in total. The van der Waals surface area contributed by atoms with E-state index in [0.29, 0.717) is 44.1 Å². The number of halogens is 4. The smallest absolute Gasteiger partial charge is 0.417 e. The summed E-state index contributed by atoms with van der Waals surface area (Å²) in [6.45, 7) is 15.9. The van der Waals surface area contributed by atoms with Crippen molar-refractivity contribution in [3.05, 3.63) is 58.1 Å². The number of ether oxygens (including phenoxy) is 1. The molecule has 0 aromatic heterocycles. The normalized spacial score (nSPS) is 12.8. The summed E-state index contributed by atoms with van der Waals surface area (Å²) in [7, 11) is 0. The third-order valence-electron chi connectivity index (χ3n) is 7.91. The highest BCUT2D eigenvalue weighted by atomic mass is 35.5. The molecular weight excluding hydrogens is 685 g/mol. The van der Waals surface area contributed by atoms with Crippen LogP contribution in [0.2, 0.25) is 5.02 Å². The van der Waals surface area contributed by atoms with E-state index in [2.05, 4.69) is 45.8 Å². The SMILES string of the molecule is C=S.CCC.CCCC1(CCC)C(=O)N(CCO)c2ccc(Cl)cc21.CCCCCOc1ccc(C(=O)N(CCC)CCC)c(C(F)(F)F)c1. The molecule has 2 aromatic rings. The average molecular weight is 745 g/mol. The van der Waals surface area contributed by atoms with Gasteiger partial charge in [-0.25, -0.2) is 0 Å². The van der Waals surface area contributed by atoms with Gasteiger partial charge in [0, 0.05) is 30.3 Å². The Morgan fingerprint density at radius 1 is 0.920 bits per heavy atom. The number of amides is 2. The van der Waals surface area contributed by atoms with Gasteiger partial charge in [0.25, 0.3) is 5.91 Å². The second kappa shape index (κ2) is 25.3. The van der Waals surface area contributed by atoms with Crippen molar-refractivity contribution >= 4 is 47.2 Å². The number of rotatable bonds is 16. The standard InChI is InChI=1S/C19H28F3NO2.C16H22ClNO2.C3H8.CH2S/c1-4-7-8-13-25-15-9-10-16(17(14-15)19(20,21)22)18(24)23(11-5-2)12-6-3;1-3-7-16(8-4-2)13-11-12(17)5-6-14(13)18(9-10-19)15(16)20;1-3-2;1-2/h9-10,14H,4-8,11-13H2,1-3H3;5-6,11,19H,3-4,7-10H2,1-2H3;3H2,1-2H3;1H2. The van der Waals surface area contributed by atoms with Gasteiger partial charge < -0.3 is 19.6 Å². The molecule has 0 bridgehead atoms. The molecule has 0 aliphatic carbocycles. The summed E-state index contributed by atoms with van der Waals surface area (Å²) in [5.41, 5.74) is 0.249. The number of carbonyl (C=O) groups excluding carboxylic acids is 2. The van der Waals surface area contributed by atoms with Crippen LogP contribution in [0.4, 0.5) is 18.9 Å². The van der Waals surface area contributed by atoms with Gasteiger partial charge in [-0.1, -0.05) is 104 Å². The van der Waals surface area contributed by atoms with Crippen molar-refractivity contribution in [3.63, 3.8) is 0 Å². The lowest BCUT2D eigenvalue weighted by molar-refractivity contribution is -0.138. The van der Waals surface area contributed by atoms with Crippen LogP contribution >= 0.6 is 23.8 Å². The Morgan fingerprint density at radius 2 is 1.50 bits per heavy atom. The number of nitrogens with zero attached hydrogens (tertiary/aromatic N) is 2. The quantitative estimate of drug-likeness (QED) is 0.137. The van der Waals surface area contributed by atoms with Gasteiger partial charge in [0.05, 0.1) is 29.8 Å². The minimum Gasteiger partial charge on any atom is -0.494 e. The van der Waals surface area contributed by atoms with Gasteiger partial charge in [-0.15, -0.1) is 0 Å². The molecule has 1 N–H and O–H groups in total. The Balaban J connectivity index is 0.000000864. The minimum absolute atomic E-state index is 0.0257. The number of carbonyl (C=O) groups is 2. The molecule has 1 aliphatic heterocycles. The Labute approximate surface area is 309 Å². The van der Waals surface area contributed by atoms with E-state index in [9.17, 15) is 27.9 Å². The summed E-state index contributed by atoms with van der Waals surface area (Å²) in [5, 5.41) is 9.90. The second-order valence-corrected chi connectivity index (χ2v) is 12.6. The van der Waals surface area contributed by atoms with Crippen LogP contribution in [0.25, 0.3) is 0 Å². The summed E-state index contributed by atoms with van der Waals surface area (Å²) in [4.78, 5) is 28.7. The van der Waals surface area contributed by atoms with E-state index in [1.165, 1.54) is 23.5 Å². The van der Waals surface area contributed by atoms with E-state index in [4.69, 9.17) is 16.3 Å². The summed E-state index contributed by atoms with van der Waals surface area (Å²) in [6, 6.07) is 9.26. The molecule has 0 saturated heterocycles. The molecule has 1 aliphatic rings. The molecule has 50 heavy (non-hydrogen) atoms. The molecular formula is C39H60ClF3N2O4S. The third-order valence-corrected chi connectivity index (χ3v) is 8.15. The van der Waals surface area contributed by atoms with Gasteiger partial charge >= 0.3 is 6.18 Å². The molecule has 3 rings (SSSR count). The summed E-state index contributed by atoms with van der Waals surface area (Å²) in [6.07, 6.45) is 4.37. The molecule has 0 radical (unpaired) electrons. The minimum atomic E-state index is -4.60. The van der Waals surface area contributed by atoms with E-state index in [0.717, 1.165) is 62.3 Å². The highest BCUT2D eigenvalue weighted by Crippen LogP contribution is 2.48. The number of aliphatic hydroxyl groups is 1. The number of alkyl halides is 3. The van der Waals surface area contributed by atoms with E-state index < -0.39 is 23.1 Å². The molecule has 0 fully saturated rings. The van der Waals surface area contributed by atoms with Gasteiger partial charge in [0.2, 0.25) is 5.91 Å². The first-order valence-corrected chi connectivity index (χ1v) is 19.0. The van der Waals surface area contributed by atoms with Crippen LogP contribution in [0.5, 0.6) is 5.75 Å². The van der Waals surface area contributed by atoms with Crippen molar-refractivity contribution in [2.45, 2.75) is 124 Å². The molecule has 2 aromatic carbocycles. The van der Waals surface area contributed by atoms with E-state index in [1.807, 2.05) is 39.0 Å². The van der Waals surface area contributed by atoms with E-state index in [1.54, 1.807) is 4.90 Å². The maximum absolute atomic E-state index is 13.4. The fourth-order valence-electron chi connectivity index (χ4n) is 5.99. The Kier molecular flexibility index (Phi) is 23.9. The van der Waals surface area contributed by atoms with Gasteiger partial charge in [0.15, 0.2) is 0 Å². The number of hydrogen-bond acceptors (Lipinski definition) is 5. The Hall–Kier alpha value is -2.69. The lowest BCUT2D eigenvalue weighted by Crippen LogP contribution is -2.41. The van der Waals surface area contributed by atoms with Gasteiger partial charge in [-0.05, 0) is 79.9 Å². The van der Waals surface area contributed by atoms with Crippen molar-refractivity contribution < 1.29 is 32.6 Å². The molecule has 0 saturated carbocycles. The second-order valence-electron chi connectivity index (χ2n) is 12.2. The fraction of sp³-hybridized carbons (Fsp3) is 0.615. The molecule has 0 unspecified atom stereocenters. The molecule has 1 heterocycles. The van der Waals surface area contributed by atoms with Gasteiger partial charge in [-0.2, -0.15) is 13.2 Å². The van der Waals surface area contributed by atoms with Gasteiger partial charge in [-0.3, -0.25) is 9.59 Å². The number of unbranched alkanes of at least 4 members (excludes halogenated alkanes) is 2. The van der Waals surface area contributed by atoms with Crippen molar-refractivity contribution in [1.82, 2.24) is 4.90 Å². The molecule has 0 atom stereocenters. The first-order valence-electron chi connectivity index (χ1n) is 18.0. The highest BCUT2D eigenvalue weighted by Gasteiger charge is 2.49. The largest absolute Gasteiger partial charge is 0.494 e. The zero-order chi connectivity index (χ0) is 38.3. The Bertz CT molecular complexity index is 1270. The maximum Gasteiger partial charge on any atom is 0.417 e. The topological polar surface area (TPSA) is 70.1 Å². The first kappa shape index (κ1) is 47.3. The first-order chi connectivity index (χ1) is 23.9. The molecule has 11 heteroatoms. The van der Waals surface area contributed by atoms with Crippen LogP contribution in [-0.4, -0.2) is 60.5 Å². The van der Waals surface area contributed by atoms with Crippen LogP contribution in [0.3, 0.4) is 0 Å². The zero-order valence-corrected chi connectivity index (χ0v) is 32.8. The molecule has 0 spiro atoms. The molecule has 2 amide bonds. The lowest BCUT2D eigenvalue weighted by atomic mass is 9.74. The van der Waals surface area contributed by atoms with Crippen molar-refractivity contribution in [1.29, 1.82) is 0 Å². The average Bonchev–Trinajstić information content (AvgIpc) is 3.30. The lowest BCUT2D eigenvalue weighted by Gasteiger charge is -2.28. The summed E-state index contributed by atoms with van der Waals surface area (Å²) >= 11 is 9.98. The van der Waals surface area contributed by atoms with E-state index >= 15 is 0 Å². The number of β-amino-alcohol motifs (C(OH)–C–C–N with tert-alkyl or cyclic N) is 1. The Morgan fingerprint density at radius 3 is 1.98 bits per heavy atom. The van der Waals surface area contributed by atoms with Crippen LogP contribution in [0.1, 0.15) is 134 Å². The number of thiocarbonyl (C=S) groups is 1. The van der Waals surface area contributed by atoms with Crippen LogP contribution in [0.15, 0.2) is 36.4 Å². The van der Waals surface area contributed by atoms with Crippen molar-refractivity contribution in [2.75, 3.05) is 37.7 Å². The number of aliphatic hydroxyl groups excluding tert-OH is 1. The molecule has 284 valence electrons. The van der Waals surface area contributed by atoms with Crippen molar-refractivity contribution in [3.8, 4) is 5.75 Å². The predicted molar refractivity (Wildman–Crippen MR) is 206 cm³/mol. The third kappa shape index (κ3) is 13.8. The van der Waals surface area contributed by atoms with Crippen LogP contribution in [-0.2, 0) is 16.4 Å². The fourth-order valence-corrected chi connectivity index (χ4v) is 6.17. The number of anilines is 1. The number of hydrogen-bond donors (Lipinski definition) is 1. The van der Waals surface area contributed by atoms with Gasteiger partial charge in [0.1, 0.15) is 5.75 Å². The number of fused-ring (bicyclic) bond motifs is 1. The zero-order valence-electron chi connectivity index (χ0n) is 31.3.